The van der Waals surface area contributed by atoms with E-state index >= 15 is 0 Å². The molecule has 3 aromatic rings. The third-order valence-electron chi connectivity index (χ3n) is 3.80. The highest BCUT2D eigenvalue weighted by Gasteiger charge is 2.21. The number of hydrogen-bond donors (Lipinski definition) is 2. The minimum absolute atomic E-state index is 0.0923. The van der Waals surface area contributed by atoms with Crippen LogP contribution in [0.2, 0.25) is 0 Å². The number of aliphatic hydroxyl groups is 1. The van der Waals surface area contributed by atoms with E-state index in [1.54, 1.807) is 6.92 Å². The fourth-order valence-corrected chi connectivity index (χ4v) is 3.51. The largest absolute Gasteiger partial charge is 0.469 e. The van der Waals surface area contributed by atoms with Crippen LogP contribution in [0.4, 0.5) is 0 Å². The van der Waals surface area contributed by atoms with Crippen LogP contribution in [0.25, 0.3) is 15.3 Å². The van der Waals surface area contributed by atoms with E-state index in [9.17, 15) is 9.59 Å². The lowest BCUT2D eigenvalue weighted by Gasteiger charge is -2.01. The van der Waals surface area contributed by atoms with Crippen molar-refractivity contribution in [2.75, 3.05) is 20.3 Å². The molecule has 1 aromatic carbocycles. The van der Waals surface area contributed by atoms with E-state index in [4.69, 9.17) is 9.84 Å². The first kappa shape index (κ1) is 18.0. The molecule has 9 heteroatoms. The number of aromatic nitrogens is 3. The third-order valence-corrected chi connectivity index (χ3v) is 4.82. The average Bonchev–Trinajstić information content (AvgIpc) is 3.20. The molecule has 3 rings (SSSR count). The Balaban J connectivity index is 2.14. The number of carbonyl (C=O) groups is 1. The molecule has 0 saturated carbocycles. The SMILES string of the molecule is COC(=O)Cc1[nH]n(-c2nc3ccccc3s2)c(=O)c1C(C)=NCCO. The first-order valence-corrected chi connectivity index (χ1v) is 8.75. The molecule has 2 heterocycles. The Labute approximate surface area is 152 Å². The van der Waals surface area contributed by atoms with Gasteiger partial charge in [0.05, 0.1) is 48.2 Å². The maximum atomic E-state index is 12.9. The van der Waals surface area contributed by atoms with Gasteiger partial charge < -0.3 is 9.84 Å². The Hall–Kier alpha value is -2.78. The van der Waals surface area contributed by atoms with Crippen molar-refractivity contribution in [2.24, 2.45) is 4.99 Å². The zero-order chi connectivity index (χ0) is 18.7. The summed E-state index contributed by atoms with van der Waals surface area (Å²) in [6.45, 7) is 1.72. The highest BCUT2D eigenvalue weighted by atomic mass is 32.1. The van der Waals surface area contributed by atoms with Crippen molar-refractivity contribution < 1.29 is 14.6 Å². The van der Waals surface area contributed by atoms with Gasteiger partial charge in [-0.2, -0.15) is 4.68 Å². The second-order valence-electron chi connectivity index (χ2n) is 5.51. The lowest BCUT2D eigenvalue weighted by Crippen LogP contribution is -2.20. The molecule has 0 radical (unpaired) electrons. The number of ether oxygens (including phenoxy) is 1. The minimum Gasteiger partial charge on any atom is -0.469 e. The van der Waals surface area contributed by atoms with Gasteiger partial charge in [-0.05, 0) is 19.1 Å². The number of fused-ring (bicyclic) bond motifs is 1. The summed E-state index contributed by atoms with van der Waals surface area (Å²) >= 11 is 1.37. The Morgan fingerprint density at radius 2 is 2.19 bits per heavy atom. The molecular formula is C17H18N4O4S. The summed E-state index contributed by atoms with van der Waals surface area (Å²) in [6.07, 6.45) is -0.0923. The van der Waals surface area contributed by atoms with E-state index in [0.717, 1.165) is 10.2 Å². The molecule has 2 N–H and O–H groups in total. The first-order valence-electron chi connectivity index (χ1n) is 7.94. The Morgan fingerprint density at radius 1 is 1.42 bits per heavy atom. The fraction of sp³-hybridized carbons (Fsp3) is 0.294. The normalized spacial score (nSPS) is 11.9. The van der Waals surface area contributed by atoms with E-state index in [-0.39, 0.29) is 25.1 Å². The van der Waals surface area contributed by atoms with Crippen molar-refractivity contribution in [1.82, 2.24) is 14.8 Å². The smallest absolute Gasteiger partial charge is 0.311 e. The van der Waals surface area contributed by atoms with Gasteiger partial charge in [-0.1, -0.05) is 23.5 Å². The van der Waals surface area contributed by atoms with Gasteiger partial charge in [0.1, 0.15) is 0 Å². The van der Waals surface area contributed by atoms with Gasteiger partial charge in [0, 0.05) is 5.71 Å². The summed E-state index contributed by atoms with van der Waals surface area (Å²) in [5.41, 5.74) is 1.58. The Bertz CT molecular complexity index is 998. The molecule has 0 spiro atoms. The summed E-state index contributed by atoms with van der Waals surface area (Å²) in [5.74, 6) is -0.473. The number of nitrogens with one attached hydrogen (secondary N) is 1. The Morgan fingerprint density at radius 3 is 2.88 bits per heavy atom. The standard InChI is InChI=1S/C17H18N4O4S/c1-10(18-7-8-22)15-12(9-14(23)25-2)20-21(16(15)24)17-19-11-5-3-4-6-13(11)26-17/h3-6,20,22H,7-9H2,1-2H3. The van der Waals surface area contributed by atoms with E-state index in [2.05, 4.69) is 15.1 Å². The monoisotopic (exact) mass is 374 g/mol. The zero-order valence-corrected chi connectivity index (χ0v) is 15.2. The van der Waals surface area contributed by atoms with Gasteiger partial charge in [0.25, 0.3) is 5.56 Å². The Kier molecular flexibility index (Phi) is 5.29. The molecule has 0 aliphatic rings. The number of aliphatic imine (C=N–C) groups is 1. The number of benzene rings is 1. The van der Waals surface area contributed by atoms with Gasteiger partial charge in [-0.25, -0.2) is 4.98 Å². The van der Waals surface area contributed by atoms with Crippen LogP contribution < -0.4 is 5.56 Å². The van der Waals surface area contributed by atoms with E-state index in [1.807, 2.05) is 24.3 Å². The van der Waals surface area contributed by atoms with Crippen molar-refractivity contribution >= 4 is 33.2 Å². The summed E-state index contributed by atoms with van der Waals surface area (Å²) < 4.78 is 6.98. The second-order valence-corrected chi connectivity index (χ2v) is 6.52. The summed E-state index contributed by atoms with van der Waals surface area (Å²) in [4.78, 5) is 33.3. The number of aliphatic hydroxyl groups excluding tert-OH is 1. The molecule has 0 bridgehead atoms. The third kappa shape index (κ3) is 3.44. The summed E-state index contributed by atoms with van der Waals surface area (Å²) in [6, 6.07) is 7.58. The average molecular weight is 374 g/mol. The van der Waals surface area contributed by atoms with Crippen molar-refractivity contribution in [3.05, 3.63) is 45.9 Å². The molecular weight excluding hydrogens is 356 g/mol. The molecule has 0 fully saturated rings. The number of methoxy groups -OCH3 is 1. The molecule has 2 aromatic heterocycles. The van der Waals surface area contributed by atoms with Crippen LogP contribution in [-0.4, -0.2) is 51.8 Å². The predicted molar refractivity (Wildman–Crippen MR) is 99.5 cm³/mol. The molecule has 26 heavy (non-hydrogen) atoms. The molecule has 0 amide bonds. The van der Waals surface area contributed by atoms with Crippen molar-refractivity contribution in [3.8, 4) is 5.13 Å². The first-order chi connectivity index (χ1) is 12.5. The highest BCUT2D eigenvalue weighted by Crippen LogP contribution is 2.23. The number of carbonyl (C=O) groups excluding carboxylic acids is 1. The molecule has 0 aliphatic carbocycles. The van der Waals surface area contributed by atoms with Crippen molar-refractivity contribution in [3.63, 3.8) is 0 Å². The van der Waals surface area contributed by atoms with Gasteiger partial charge in [0.2, 0.25) is 5.13 Å². The van der Waals surface area contributed by atoms with Crippen LogP contribution in [-0.2, 0) is 16.0 Å². The molecule has 0 atom stereocenters. The molecule has 0 unspecified atom stereocenters. The number of thiazole rings is 1. The second kappa shape index (κ2) is 7.63. The molecule has 8 nitrogen and oxygen atoms in total. The van der Waals surface area contributed by atoms with Crippen LogP contribution in [0.1, 0.15) is 18.2 Å². The number of rotatable bonds is 6. The zero-order valence-electron chi connectivity index (χ0n) is 14.4. The minimum atomic E-state index is -0.473. The lowest BCUT2D eigenvalue weighted by molar-refractivity contribution is -0.139. The van der Waals surface area contributed by atoms with E-state index in [1.165, 1.54) is 23.1 Å². The van der Waals surface area contributed by atoms with Gasteiger partial charge >= 0.3 is 5.97 Å². The number of H-pyrrole nitrogens is 1. The van der Waals surface area contributed by atoms with Crippen LogP contribution in [0.3, 0.4) is 0 Å². The van der Waals surface area contributed by atoms with Crippen molar-refractivity contribution in [1.29, 1.82) is 0 Å². The number of nitrogens with zero attached hydrogens (tertiary/aromatic N) is 3. The van der Waals surface area contributed by atoms with Gasteiger partial charge in [-0.3, -0.25) is 19.7 Å². The van der Waals surface area contributed by atoms with Gasteiger partial charge in [-0.15, -0.1) is 0 Å². The topological polar surface area (TPSA) is 110 Å². The molecule has 0 saturated heterocycles. The number of esters is 1. The van der Waals surface area contributed by atoms with Gasteiger partial charge in [0.15, 0.2) is 0 Å². The van der Waals surface area contributed by atoms with E-state index in [0.29, 0.717) is 22.1 Å². The summed E-state index contributed by atoms with van der Waals surface area (Å²) in [7, 11) is 1.29. The number of aromatic amines is 1. The van der Waals surface area contributed by atoms with Crippen LogP contribution >= 0.6 is 11.3 Å². The maximum absolute atomic E-state index is 12.9. The number of para-hydroxylation sites is 1. The van der Waals surface area contributed by atoms with Crippen LogP contribution in [0.5, 0.6) is 0 Å². The van der Waals surface area contributed by atoms with E-state index < -0.39 is 5.97 Å². The van der Waals surface area contributed by atoms with Crippen LogP contribution in [0, 0.1) is 0 Å². The molecule has 136 valence electrons. The van der Waals surface area contributed by atoms with Crippen LogP contribution in [0.15, 0.2) is 34.1 Å². The summed E-state index contributed by atoms with van der Waals surface area (Å²) in [5, 5.41) is 12.4. The van der Waals surface area contributed by atoms with Crippen molar-refractivity contribution in [2.45, 2.75) is 13.3 Å². The maximum Gasteiger partial charge on any atom is 0.311 e. The molecule has 0 aliphatic heterocycles. The lowest BCUT2D eigenvalue weighted by atomic mass is 10.1. The quantitative estimate of drug-likeness (QED) is 0.499. The predicted octanol–water partition coefficient (Wildman–Crippen LogP) is 1.29. The fourth-order valence-electron chi connectivity index (χ4n) is 2.59. The number of hydrogen-bond acceptors (Lipinski definition) is 7. The highest BCUT2D eigenvalue weighted by molar-refractivity contribution is 7.20.